The number of imide groups is 1. The van der Waals surface area contributed by atoms with Crippen LogP contribution in [0.4, 0.5) is 15.8 Å². The van der Waals surface area contributed by atoms with Crippen LogP contribution in [0.2, 0.25) is 0 Å². The molecule has 1 heterocycles. The minimum absolute atomic E-state index is 0.0580. The molecule has 3 rings (SSSR count). The highest BCUT2D eigenvalue weighted by Crippen LogP contribution is 2.36. The Bertz CT molecular complexity index is 1010. The molecule has 0 atom stereocenters. The lowest BCUT2D eigenvalue weighted by atomic mass is 10.1. The van der Waals surface area contributed by atoms with Crippen molar-refractivity contribution < 1.29 is 29.0 Å². The van der Waals surface area contributed by atoms with Gasteiger partial charge in [-0.25, -0.2) is 4.39 Å². The van der Waals surface area contributed by atoms with E-state index in [4.69, 9.17) is 15.0 Å². The highest BCUT2D eigenvalue weighted by Gasteiger charge is 2.26. The van der Waals surface area contributed by atoms with Crippen LogP contribution >= 0.6 is 0 Å². The quantitative estimate of drug-likeness (QED) is 0.407. The highest BCUT2D eigenvalue weighted by atomic mass is 19.1. The normalized spacial score (nSPS) is 11.7. The van der Waals surface area contributed by atoms with Crippen molar-refractivity contribution in [3.8, 4) is 0 Å². The molecular formula is C22H25FN4O5. The number of amides is 2. The first-order valence-electron chi connectivity index (χ1n) is 9.62. The number of carbonyl (C=O) groups is 3. The second-order valence-corrected chi connectivity index (χ2v) is 6.78. The van der Waals surface area contributed by atoms with E-state index in [0.29, 0.717) is 24.4 Å². The van der Waals surface area contributed by atoms with Crippen LogP contribution in [-0.4, -0.2) is 53.6 Å². The highest BCUT2D eigenvalue weighted by molar-refractivity contribution is 5.97. The Kier molecular flexibility index (Phi) is 8.72. The second kappa shape index (κ2) is 11.5. The summed E-state index contributed by atoms with van der Waals surface area (Å²) in [6.45, 7) is 3.72. The summed E-state index contributed by atoms with van der Waals surface area (Å²) in [6, 6.07) is 10.5. The van der Waals surface area contributed by atoms with Crippen LogP contribution in [0.5, 0.6) is 0 Å². The standard InChI is InChI=1S/C21H23FN4O3.CH2O2/c1-13-16-4-3-5-19(24-9-14-8-15(23-2)6-7-18(14)22)17(16)10-26(13)11-20(28)25-21(29)12-27;2-1-3/h3-8,23-24,27H,1,9-12H2,2H3,(H,25,28,29);1H,(H,2,3). The molecule has 0 radical (unpaired) electrons. The third kappa shape index (κ3) is 6.05. The number of aliphatic hydroxyl groups is 1. The van der Waals surface area contributed by atoms with E-state index in [9.17, 15) is 14.0 Å². The largest absolute Gasteiger partial charge is 0.483 e. The van der Waals surface area contributed by atoms with Crippen LogP contribution in [-0.2, 0) is 27.5 Å². The van der Waals surface area contributed by atoms with E-state index in [1.165, 1.54) is 6.07 Å². The first-order valence-corrected chi connectivity index (χ1v) is 9.62. The number of rotatable bonds is 7. The third-order valence-electron chi connectivity index (χ3n) is 4.78. The van der Waals surface area contributed by atoms with Crippen LogP contribution in [0.15, 0.2) is 43.0 Å². The number of hydrogen-bond acceptors (Lipinski definition) is 7. The Morgan fingerprint density at radius 1 is 1.25 bits per heavy atom. The van der Waals surface area contributed by atoms with Crippen LogP contribution < -0.4 is 16.0 Å². The lowest BCUT2D eigenvalue weighted by molar-refractivity contribution is -0.132. The average molecular weight is 444 g/mol. The van der Waals surface area contributed by atoms with Gasteiger partial charge in [0.25, 0.3) is 12.4 Å². The summed E-state index contributed by atoms with van der Waals surface area (Å²) in [5.74, 6) is -1.55. The number of fused-ring (bicyclic) bond motifs is 1. The summed E-state index contributed by atoms with van der Waals surface area (Å²) in [6.07, 6.45) is 0. The molecule has 0 unspecified atom stereocenters. The van der Waals surface area contributed by atoms with Gasteiger partial charge in [-0.05, 0) is 24.3 Å². The molecule has 1 aliphatic rings. The molecule has 0 saturated heterocycles. The van der Waals surface area contributed by atoms with Crippen LogP contribution in [0.1, 0.15) is 16.7 Å². The van der Waals surface area contributed by atoms with Crippen molar-refractivity contribution in [2.24, 2.45) is 0 Å². The predicted octanol–water partition coefficient (Wildman–Crippen LogP) is 1.60. The van der Waals surface area contributed by atoms with Gasteiger partial charge in [-0.1, -0.05) is 18.7 Å². The van der Waals surface area contributed by atoms with Gasteiger partial charge >= 0.3 is 0 Å². The van der Waals surface area contributed by atoms with Crippen molar-refractivity contribution >= 4 is 35.4 Å². The maximum Gasteiger partial charge on any atom is 0.290 e. The number of benzene rings is 2. The van der Waals surface area contributed by atoms with E-state index in [-0.39, 0.29) is 18.8 Å². The van der Waals surface area contributed by atoms with E-state index in [0.717, 1.165) is 22.5 Å². The van der Waals surface area contributed by atoms with Gasteiger partial charge in [-0.3, -0.25) is 19.7 Å². The monoisotopic (exact) mass is 444 g/mol. The molecule has 5 N–H and O–H groups in total. The van der Waals surface area contributed by atoms with Crippen molar-refractivity contribution in [1.29, 1.82) is 0 Å². The van der Waals surface area contributed by atoms with E-state index < -0.39 is 18.4 Å². The summed E-state index contributed by atoms with van der Waals surface area (Å²) in [5.41, 5.74) is 4.69. The second-order valence-electron chi connectivity index (χ2n) is 6.78. The Morgan fingerprint density at radius 3 is 2.62 bits per heavy atom. The molecule has 0 spiro atoms. The van der Waals surface area contributed by atoms with E-state index in [2.05, 4.69) is 22.5 Å². The molecule has 2 aromatic rings. The number of halogens is 1. The lowest BCUT2D eigenvalue weighted by Crippen LogP contribution is -2.39. The SMILES string of the molecule is C=C1c2cccc(NCc3cc(NC)ccc3F)c2CN1CC(=O)NC(=O)CO.O=CO. The Balaban J connectivity index is 0.00000114. The fraction of sp³-hybridized carbons (Fsp3) is 0.227. The minimum atomic E-state index is -0.745. The van der Waals surface area contributed by atoms with Gasteiger partial charge < -0.3 is 25.7 Å². The van der Waals surface area contributed by atoms with Crippen molar-refractivity contribution in [3.63, 3.8) is 0 Å². The summed E-state index contributed by atoms with van der Waals surface area (Å²) < 4.78 is 14.1. The number of nitrogens with one attached hydrogen (secondary N) is 3. The van der Waals surface area contributed by atoms with Crippen LogP contribution in [0.25, 0.3) is 5.70 Å². The van der Waals surface area contributed by atoms with Crippen molar-refractivity contribution in [2.45, 2.75) is 13.1 Å². The summed E-state index contributed by atoms with van der Waals surface area (Å²) in [7, 11) is 1.78. The molecule has 2 amide bonds. The number of anilines is 2. The van der Waals surface area contributed by atoms with Gasteiger partial charge in [0, 0.05) is 53.9 Å². The molecule has 0 aliphatic carbocycles. The van der Waals surface area contributed by atoms with Gasteiger partial charge in [0.2, 0.25) is 5.91 Å². The number of aliphatic hydroxyl groups excluding tert-OH is 1. The molecule has 10 heteroatoms. The molecule has 32 heavy (non-hydrogen) atoms. The van der Waals surface area contributed by atoms with Crippen LogP contribution in [0, 0.1) is 5.82 Å². The van der Waals surface area contributed by atoms with Crippen molar-refractivity contribution in [2.75, 3.05) is 30.8 Å². The number of carboxylic acid groups (broad SMARTS) is 1. The van der Waals surface area contributed by atoms with Crippen molar-refractivity contribution in [1.82, 2.24) is 10.2 Å². The minimum Gasteiger partial charge on any atom is -0.483 e. The Labute approximate surface area is 184 Å². The fourth-order valence-electron chi connectivity index (χ4n) is 3.27. The zero-order valence-electron chi connectivity index (χ0n) is 17.5. The zero-order valence-corrected chi connectivity index (χ0v) is 17.5. The molecule has 170 valence electrons. The van der Waals surface area contributed by atoms with Gasteiger partial charge in [-0.2, -0.15) is 0 Å². The molecule has 1 aliphatic heterocycles. The molecular weight excluding hydrogens is 419 g/mol. The average Bonchev–Trinajstić information content (AvgIpc) is 3.09. The van der Waals surface area contributed by atoms with Crippen molar-refractivity contribution in [3.05, 3.63) is 65.5 Å². The Hall–Kier alpha value is -3.92. The van der Waals surface area contributed by atoms with Gasteiger partial charge in [0.1, 0.15) is 12.4 Å². The third-order valence-corrected chi connectivity index (χ3v) is 4.78. The van der Waals surface area contributed by atoms with E-state index in [1.54, 1.807) is 24.1 Å². The topological polar surface area (TPSA) is 131 Å². The van der Waals surface area contributed by atoms with E-state index in [1.807, 2.05) is 18.2 Å². The Morgan fingerprint density at radius 2 is 1.97 bits per heavy atom. The molecule has 0 fully saturated rings. The van der Waals surface area contributed by atoms with Gasteiger partial charge in [0.05, 0.1) is 6.54 Å². The van der Waals surface area contributed by atoms with Gasteiger partial charge in [0.15, 0.2) is 0 Å². The number of nitrogens with zero attached hydrogens (tertiary/aromatic N) is 1. The van der Waals surface area contributed by atoms with E-state index >= 15 is 0 Å². The number of carbonyl (C=O) groups excluding carboxylic acids is 2. The smallest absolute Gasteiger partial charge is 0.290 e. The maximum absolute atomic E-state index is 14.1. The molecule has 2 aromatic carbocycles. The summed E-state index contributed by atoms with van der Waals surface area (Å²) >= 11 is 0. The zero-order chi connectivity index (χ0) is 23.7. The van der Waals surface area contributed by atoms with Crippen LogP contribution in [0.3, 0.4) is 0 Å². The van der Waals surface area contributed by atoms with Gasteiger partial charge in [-0.15, -0.1) is 0 Å². The summed E-state index contributed by atoms with van der Waals surface area (Å²) in [4.78, 5) is 33.3. The first-order chi connectivity index (χ1) is 15.3. The molecule has 0 bridgehead atoms. The lowest BCUT2D eigenvalue weighted by Gasteiger charge is -2.18. The number of hydrogen-bond donors (Lipinski definition) is 5. The fourth-order valence-corrected chi connectivity index (χ4v) is 3.27. The molecule has 9 nitrogen and oxygen atoms in total. The summed E-state index contributed by atoms with van der Waals surface area (Å²) in [5, 5.41) is 24.0. The maximum atomic E-state index is 14.1. The predicted molar refractivity (Wildman–Crippen MR) is 118 cm³/mol. The first kappa shape index (κ1) is 24.4. The molecule has 0 aromatic heterocycles. The molecule has 0 saturated carbocycles.